The maximum absolute atomic E-state index is 12.2. The highest BCUT2D eigenvalue weighted by molar-refractivity contribution is 5.91. The number of halogens is 1. The minimum absolute atomic E-state index is 0. The third-order valence-corrected chi connectivity index (χ3v) is 3.18. The van der Waals surface area contributed by atoms with E-state index in [1.165, 1.54) is 0 Å². The molecule has 1 aromatic heterocycles. The van der Waals surface area contributed by atoms with E-state index >= 15 is 0 Å². The van der Waals surface area contributed by atoms with E-state index in [2.05, 4.69) is 5.32 Å². The van der Waals surface area contributed by atoms with Gasteiger partial charge in [0, 0.05) is 26.1 Å². The van der Waals surface area contributed by atoms with Crippen LogP contribution in [-0.4, -0.2) is 37.0 Å². The molecule has 0 bridgehead atoms. The largest absolute Gasteiger partial charge is 0.456 e. The summed E-state index contributed by atoms with van der Waals surface area (Å²) in [5, 5.41) is 3.29. The van der Waals surface area contributed by atoms with E-state index in [4.69, 9.17) is 4.42 Å². The molecule has 4 nitrogen and oxygen atoms in total. The van der Waals surface area contributed by atoms with Crippen LogP contribution in [0.4, 0.5) is 0 Å². The number of furan rings is 1. The summed E-state index contributed by atoms with van der Waals surface area (Å²) in [5.41, 5.74) is 1.07. The number of nitrogens with zero attached hydrogens (tertiary/aromatic N) is 1. The maximum atomic E-state index is 12.2. The highest BCUT2D eigenvalue weighted by atomic mass is 35.5. The van der Waals surface area contributed by atoms with Crippen LogP contribution in [0.1, 0.15) is 35.2 Å². The van der Waals surface area contributed by atoms with Gasteiger partial charge in [0.25, 0.3) is 5.91 Å². The Morgan fingerprint density at radius 3 is 2.89 bits per heavy atom. The number of carbonyl (C=O) groups is 1. The van der Waals surface area contributed by atoms with Crippen LogP contribution >= 0.6 is 12.4 Å². The minimum Gasteiger partial charge on any atom is -0.456 e. The van der Waals surface area contributed by atoms with Crippen molar-refractivity contribution in [1.82, 2.24) is 10.2 Å². The van der Waals surface area contributed by atoms with Gasteiger partial charge in [0.15, 0.2) is 5.76 Å². The molecule has 1 N–H and O–H groups in total. The van der Waals surface area contributed by atoms with E-state index in [1.807, 2.05) is 24.8 Å². The summed E-state index contributed by atoms with van der Waals surface area (Å²) in [6.07, 6.45) is 1.84. The predicted octanol–water partition coefficient (Wildman–Crippen LogP) is 2.01. The lowest BCUT2D eigenvalue weighted by atomic mass is 10.2. The molecule has 1 saturated heterocycles. The normalized spacial score (nSPS) is 16.0. The number of aryl methyl sites for hydroxylation is 2. The number of hydrogen-bond donors (Lipinski definition) is 1. The van der Waals surface area contributed by atoms with Gasteiger partial charge in [0.1, 0.15) is 5.76 Å². The number of rotatable bonds is 2. The Morgan fingerprint density at radius 1 is 1.44 bits per heavy atom. The Balaban J connectivity index is 0.00000162. The average molecular weight is 273 g/mol. The predicted molar refractivity (Wildman–Crippen MR) is 73.5 cm³/mol. The van der Waals surface area contributed by atoms with E-state index in [0.29, 0.717) is 5.76 Å². The smallest absolute Gasteiger partial charge is 0.289 e. The quantitative estimate of drug-likeness (QED) is 0.896. The van der Waals surface area contributed by atoms with Crippen LogP contribution in [0.5, 0.6) is 0 Å². The van der Waals surface area contributed by atoms with Gasteiger partial charge in [-0.25, -0.2) is 0 Å². The fourth-order valence-electron chi connectivity index (χ4n) is 2.18. The van der Waals surface area contributed by atoms with Gasteiger partial charge in [0.2, 0.25) is 0 Å². The lowest BCUT2D eigenvalue weighted by molar-refractivity contribution is 0.0732. The van der Waals surface area contributed by atoms with Gasteiger partial charge in [-0.05, 0) is 31.5 Å². The fourth-order valence-corrected chi connectivity index (χ4v) is 2.18. The van der Waals surface area contributed by atoms with E-state index < -0.39 is 0 Å². The van der Waals surface area contributed by atoms with Crippen LogP contribution < -0.4 is 5.32 Å². The molecule has 0 aromatic carbocycles. The summed E-state index contributed by atoms with van der Waals surface area (Å²) in [7, 11) is 0. The Kier molecular flexibility index (Phi) is 5.69. The molecule has 5 heteroatoms. The van der Waals surface area contributed by atoms with E-state index in [-0.39, 0.29) is 18.3 Å². The van der Waals surface area contributed by atoms with Crippen molar-refractivity contribution in [2.75, 3.05) is 26.2 Å². The maximum Gasteiger partial charge on any atom is 0.289 e. The van der Waals surface area contributed by atoms with Crippen molar-refractivity contribution in [3.05, 3.63) is 23.2 Å². The summed E-state index contributed by atoms with van der Waals surface area (Å²) in [5.74, 6) is 1.43. The van der Waals surface area contributed by atoms with Crippen molar-refractivity contribution in [2.24, 2.45) is 0 Å². The Bertz CT molecular complexity index is 396. The Labute approximate surface area is 114 Å². The molecule has 1 aliphatic rings. The monoisotopic (exact) mass is 272 g/mol. The van der Waals surface area contributed by atoms with Crippen molar-refractivity contribution in [1.29, 1.82) is 0 Å². The molecule has 0 aliphatic carbocycles. The van der Waals surface area contributed by atoms with E-state index in [0.717, 1.165) is 50.3 Å². The molecule has 1 aliphatic heterocycles. The molecule has 102 valence electrons. The molecule has 0 saturated carbocycles. The first-order valence-electron chi connectivity index (χ1n) is 6.31. The molecule has 2 heterocycles. The van der Waals surface area contributed by atoms with Crippen LogP contribution in [0.25, 0.3) is 0 Å². The van der Waals surface area contributed by atoms with Crippen LogP contribution in [0, 0.1) is 6.92 Å². The zero-order valence-corrected chi connectivity index (χ0v) is 11.8. The van der Waals surface area contributed by atoms with Gasteiger partial charge in [-0.2, -0.15) is 0 Å². The molecule has 1 fully saturated rings. The zero-order valence-electron chi connectivity index (χ0n) is 11.0. The van der Waals surface area contributed by atoms with Crippen LogP contribution in [0.15, 0.2) is 10.5 Å². The lowest BCUT2D eigenvalue weighted by Gasteiger charge is -2.18. The molecule has 0 radical (unpaired) electrons. The van der Waals surface area contributed by atoms with Gasteiger partial charge < -0.3 is 14.6 Å². The SMILES string of the molecule is CCc1oc(C(=O)N2CCCNCC2)cc1C.Cl. The molecule has 0 unspecified atom stereocenters. The highest BCUT2D eigenvalue weighted by Gasteiger charge is 2.21. The summed E-state index contributed by atoms with van der Waals surface area (Å²) >= 11 is 0. The number of carbonyl (C=O) groups excluding carboxylic acids is 1. The Morgan fingerprint density at radius 2 is 2.22 bits per heavy atom. The van der Waals surface area contributed by atoms with Crippen molar-refractivity contribution < 1.29 is 9.21 Å². The molecule has 0 spiro atoms. The molecule has 0 atom stereocenters. The first kappa shape index (κ1) is 15.1. The van der Waals surface area contributed by atoms with Crippen LogP contribution in [0.2, 0.25) is 0 Å². The standard InChI is InChI=1S/C13H20N2O2.ClH/c1-3-11-10(2)9-12(17-11)13(16)15-7-4-5-14-6-8-15;/h9,14H,3-8H2,1-2H3;1H. The molecule has 1 amide bonds. The molecule has 18 heavy (non-hydrogen) atoms. The number of amides is 1. The van der Waals surface area contributed by atoms with Gasteiger partial charge >= 0.3 is 0 Å². The van der Waals surface area contributed by atoms with Gasteiger partial charge in [0.05, 0.1) is 0 Å². The van der Waals surface area contributed by atoms with E-state index in [9.17, 15) is 4.79 Å². The van der Waals surface area contributed by atoms with Crippen molar-refractivity contribution >= 4 is 18.3 Å². The van der Waals surface area contributed by atoms with Crippen molar-refractivity contribution in [3.8, 4) is 0 Å². The first-order valence-corrected chi connectivity index (χ1v) is 6.31. The van der Waals surface area contributed by atoms with Crippen molar-refractivity contribution in [3.63, 3.8) is 0 Å². The zero-order chi connectivity index (χ0) is 12.3. The van der Waals surface area contributed by atoms with E-state index in [1.54, 1.807) is 0 Å². The Hall–Kier alpha value is -1.00. The molecular weight excluding hydrogens is 252 g/mol. The van der Waals surface area contributed by atoms with Crippen LogP contribution in [0.3, 0.4) is 0 Å². The molecule has 1 aromatic rings. The first-order chi connectivity index (χ1) is 8.22. The fraction of sp³-hybridized carbons (Fsp3) is 0.615. The second-order valence-corrected chi connectivity index (χ2v) is 4.47. The van der Waals surface area contributed by atoms with Gasteiger partial charge in [-0.15, -0.1) is 12.4 Å². The third kappa shape index (κ3) is 3.27. The average Bonchev–Trinajstić information content (AvgIpc) is 2.56. The second kappa shape index (κ2) is 6.81. The molecular formula is C13H21ClN2O2. The third-order valence-electron chi connectivity index (χ3n) is 3.18. The number of hydrogen-bond acceptors (Lipinski definition) is 3. The minimum atomic E-state index is 0. The lowest BCUT2D eigenvalue weighted by Crippen LogP contribution is -2.33. The second-order valence-electron chi connectivity index (χ2n) is 4.47. The van der Waals surface area contributed by atoms with Gasteiger partial charge in [-0.1, -0.05) is 6.92 Å². The summed E-state index contributed by atoms with van der Waals surface area (Å²) in [4.78, 5) is 14.1. The van der Waals surface area contributed by atoms with Crippen LogP contribution in [-0.2, 0) is 6.42 Å². The number of nitrogens with one attached hydrogen (secondary N) is 1. The topological polar surface area (TPSA) is 45.5 Å². The highest BCUT2D eigenvalue weighted by Crippen LogP contribution is 2.17. The summed E-state index contributed by atoms with van der Waals surface area (Å²) < 4.78 is 5.61. The summed E-state index contributed by atoms with van der Waals surface area (Å²) in [6, 6.07) is 1.86. The van der Waals surface area contributed by atoms with Crippen molar-refractivity contribution in [2.45, 2.75) is 26.7 Å². The summed E-state index contributed by atoms with van der Waals surface area (Å²) in [6.45, 7) is 7.46. The van der Waals surface area contributed by atoms with Gasteiger partial charge in [-0.3, -0.25) is 4.79 Å². The molecule has 2 rings (SSSR count).